The van der Waals surface area contributed by atoms with Crippen molar-refractivity contribution >= 4 is 19.8 Å². The molecule has 0 fully saturated rings. The summed E-state index contributed by atoms with van der Waals surface area (Å²) in [5.41, 5.74) is 0. The number of carbonyl (C=O) groups is 2. The Morgan fingerprint density at radius 3 is 1.01 bits per heavy atom. The molecule has 2 unspecified atom stereocenters. The van der Waals surface area contributed by atoms with Gasteiger partial charge in [-0.25, -0.2) is 4.57 Å². The number of allylic oxidation sites excluding steroid dienone is 16. The van der Waals surface area contributed by atoms with Crippen molar-refractivity contribution in [2.24, 2.45) is 0 Å². The van der Waals surface area contributed by atoms with E-state index in [9.17, 15) is 19.0 Å². The van der Waals surface area contributed by atoms with E-state index in [-0.39, 0.29) is 32.0 Å². The molecular weight excluding hydrogens is 1060 g/mol. The average Bonchev–Trinajstić information content (AvgIpc) is 3.61. The molecule has 10 heteroatoms. The van der Waals surface area contributed by atoms with Gasteiger partial charge in [0, 0.05) is 12.8 Å². The summed E-state index contributed by atoms with van der Waals surface area (Å²) in [5.74, 6) is -0.820. The second-order valence-corrected chi connectivity index (χ2v) is 26.0. The van der Waals surface area contributed by atoms with E-state index in [0.717, 1.165) is 89.9 Å². The Morgan fingerprint density at radius 2 is 0.679 bits per heavy atom. The van der Waals surface area contributed by atoms with Crippen LogP contribution >= 0.6 is 7.82 Å². The minimum atomic E-state index is -4.40. The maximum absolute atomic E-state index is 12.8. The fourth-order valence-electron chi connectivity index (χ4n) is 9.76. The van der Waals surface area contributed by atoms with Gasteiger partial charge in [-0.3, -0.25) is 18.6 Å². The van der Waals surface area contributed by atoms with Crippen molar-refractivity contribution < 1.29 is 42.1 Å². The van der Waals surface area contributed by atoms with Gasteiger partial charge in [-0.05, 0) is 96.3 Å². The van der Waals surface area contributed by atoms with E-state index in [1.165, 1.54) is 186 Å². The van der Waals surface area contributed by atoms with Gasteiger partial charge < -0.3 is 18.9 Å². The standard InChI is InChI=1S/C74H132NO8P/c1-6-8-10-12-14-16-18-20-22-24-26-28-30-31-32-33-34-35-36-37-38-39-40-41-42-43-45-46-48-50-52-54-56-58-60-62-64-66-73(76)80-70-72(71-82-84(78,79)81-69-68-75(3,4)5)83-74(77)67-65-63-61-59-57-55-53-51-49-47-44-29-27-25-23-21-19-17-15-13-11-9-7-2/h9,11,15,17-18,20-21,23-24,26-27,29,47,49,53,55,72H,6-8,10,12-14,16,19,22,25,28,30-46,48,50-52,54,56-71H2,1-5H3/p+1/b11-9-,17-15-,20-18-,23-21-,26-24-,29-27-,49-47-,55-53-. The number of nitrogens with zero attached hydrogens (tertiary/aromatic N) is 1. The van der Waals surface area contributed by atoms with Crippen molar-refractivity contribution in [2.45, 2.75) is 315 Å². The predicted octanol–water partition coefficient (Wildman–Crippen LogP) is 22.7. The first-order valence-corrected chi connectivity index (χ1v) is 36.5. The molecule has 1 N–H and O–H groups in total. The van der Waals surface area contributed by atoms with Crippen LogP contribution in [0.4, 0.5) is 0 Å². The minimum absolute atomic E-state index is 0.0231. The monoisotopic (exact) mass is 1190 g/mol. The fourth-order valence-corrected chi connectivity index (χ4v) is 10.5. The number of hydrogen-bond donors (Lipinski definition) is 1. The Kier molecular flexibility index (Phi) is 62.1. The predicted molar refractivity (Wildman–Crippen MR) is 362 cm³/mol. The molecule has 0 saturated heterocycles. The van der Waals surface area contributed by atoms with Gasteiger partial charge in [0.25, 0.3) is 0 Å². The van der Waals surface area contributed by atoms with Crippen LogP contribution in [0.15, 0.2) is 97.2 Å². The lowest BCUT2D eigenvalue weighted by atomic mass is 10.0. The number of esters is 2. The Balaban J connectivity index is 4.01. The molecule has 0 spiro atoms. The topological polar surface area (TPSA) is 108 Å². The highest BCUT2D eigenvalue weighted by atomic mass is 31.2. The van der Waals surface area contributed by atoms with Crippen LogP contribution in [0.3, 0.4) is 0 Å². The lowest BCUT2D eigenvalue weighted by Gasteiger charge is -2.24. The summed E-state index contributed by atoms with van der Waals surface area (Å²) in [7, 11) is 1.46. The summed E-state index contributed by atoms with van der Waals surface area (Å²) in [6.07, 6.45) is 89.6. The molecule has 9 nitrogen and oxygen atoms in total. The van der Waals surface area contributed by atoms with Gasteiger partial charge in [0.15, 0.2) is 6.10 Å². The number of phosphoric acid groups is 1. The number of phosphoric ester groups is 1. The third-order valence-corrected chi connectivity index (χ3v) is 16.1. The molecular formula is C74H133NO8P+. The molecule has 0 aliphatic carbocycles. The summed E-state index contributed by atoms with van der Waals surface area (Å²) in [5, 5.41) is 0. The minimum Gasteiger partial charge on any atom is -0.462 e. The Hall–Kier alpha value is -3.07. The molecule has 0 saturated carbocycles. The summed E-state index contributed by atoms with van der Waals surface area (Å²) in [6.45, 7) is 4.30. The van der Waals surface area contributed by atoms with Gasteiger partial charge in [0.05, 0.1) is 27.7 Å². The van der Waals surface area contributed by atoms with Crippen molar-refractivity contribution in [2.75, 3.05) is 47.5 Å². The molecule has 0 aliphatic heterocycles. The van der Waals surface area contributed by atoms with Crippen molar-refractivity contribution in [1.82, 2.24) is 0 Å². The van der Waals surface area contributed by atoms with E-state index in [4.69, 9.17) is 18.5 Å². The highest BCUT2D eigenvalue weighted by Gasteiger charge is 2.27. The molecule has 0 aromatic carbocycles. The first kappa shape index (κ1) is 80.9. The van der Waals surface area contributed by atoms with E-state index in [2.05, 4.69) is 111 Å². The zero-order valence-corrected chi connectivity index (χ0v) is 56.3. The molecule has 0 rings (SSSR count). The van der Waals surface area contributed by atoms with E-state index in [1.807, 2.05) is 21.1 Å². The second kappa shape index (κ2) is 64.4. The quantitative estimate of drug-likeness (QED) is 0.0211. The van der Waals surface area contributed by atoms with Crippen LogP contribution in [0.25, 0.3) is 0 Å². The van der Waals surface area contributed by atoms with Gasteiger partial charge in [-0.2, -0.15) is 0 Å². The zero-order chi connectivity index (χ0) is 61.2. The fraction of sp³-hybridized carbons (Fsp3) is 0.757. The number of ether oxygens (including phenoxy) is 2. The van der Waals surface area contributed by atoms with E-state index in [1.54, 1.807) is 0 Å². The van der Waals surface area contributed by atoms with Gasteiger partial charge in [-0.1, -0.05) is 297 Å². The molecule has 0 bridgehead atoms. The first-order chi connectivity index (χ1) is 41.0. The Morgan fingerprint density at radius 1 is 0.381 bits per heavy atom. The SMILES string of the molecule is CC/C=C\C/C=C\C/C=C\C/C=C\C/C=C\C/C=C\CCCCCCC(=O)OC(COC(=O)CCCCCCCCCCCCCCCCCCCCCCCCCCC/C=C\C/C=C\CCCCCCC)COP(=O)(O)OCC[N+](C)(C)C. The number of carbonyl (C=O) groups excluding carboxylic acids is 2. The zero-order valence-electron chi connectivity index (χ0n) is 55.4. The Bertz CT molecular complexity index is 1740. The van der Waals surface area contributed by atoms with Crippen LogP contribution < -0.4 is 0 Å². The smallest absolute Gasteiger partial charge is 0.462 e. The molecule has 0 aromatic heterocycles. The van der Waals surface area contributed by atoms with Crippen LogP contribution in [-0.4, -0.2) is 74.9 Å². The average molecular weight is 1200 g/mol. The third-order valence-electron chi connectivity index (χ3n) is 15.1. The second-order valence-electron chi connectivity index (χ2n) is 24.5. The Labute approximate surface area is 519 Å². The summed E-state index contributed by atoms with van der Waals surface area (Å²) in [6, 6.07) is 0. The molecule has 0 aliphatic rings. The molecule has 84 heavy (non-hydrogen) atoms. The summed E-state index contributed by atoms with van der Waals surface area (Å²) < 4.78 is 34.7. The van der Waals surface area contributed by atoms with Crippen molar-refractivity contribution in [3.63, 3.8) is 0 Å². The molecule has 0 amide bonds. The largest absolute Gasteiger partial charge is 0.472 e. The molecule has 0 aromatic rings. The maximum Gasteiger partial charge on any atom is 0.472 e. The van der Waals surface area contributed by atoms with E-state index >= 15 is 0 Å². The molecule has 0 heterocycles. The highest BCUT2D eigenvalue weighted by molar-refractivity contribution is 7.47. The van der Waals surface area contributed by atoms with Crippen LogP contribution in [0.1, 0.15) is 309 Å². The molecule has 2 atom stereocenters. The maximum atomic E-state index is 12.8. The number of quaternary nitrogens is 1. The number of rotatable bonds is 64. The number of hydrogen-bond acceptors (Lipinski definition) is 7. The van der Waals surface area contributed by atoms with Crippen LogP contribution in [0, 0.1) is 0 Å². The van der Waals surface area contributed by atoms with Gasteiger partial charge in [0.1, 0.15) is 19.8 Å². The van der Waals surface area contributed by atoms with Crippen molar-refractivity contribution in [3.8, 4) is 0 Å². The van der Waals surface area contributed by atoms with Crippen LogP contribution in [0.2, 0.25) is 0 Å². The lowest BCUT2D eigenvalue weighted by molar-refractivity contribution is -0.870. The number of unbranched alkanes of at least 4 members (excludes halogenated alkanes) is 34. The summed E-state index contributed by atoms with van der Waals surface area (Å²) >= 11 is 0. The lowest BCUT2D eigenvalue weighted by Crippen LogP contribution is -2.37. The molecule has 486 valence electrons. The van der Waals surface area contributed by atoms with Crippen molar-refractivity contribution in [1.29, 1.82) is 0 Å². The first-order valence-electron chi connectivity index (χ1n) is 35.0. The summed E-state index contributed by atoms with van der Waals surface area (Å²) in [4.78, 5) is 35.8. The van der Waals surface area contributed by atoms with Gasteiger partial charge in [-0.15, -0.1) is 0 Å². The number of likely N-dealkylation sites (N-methyl/N-ethyl adjacent to an activating group) is 1. The molecule has 0 radical (unpaired) electrons. The normalized spacial score (nSPS) is 13.7. The highest BCUT2D eigenvalue weighted by Crippen LogP contribution is 2.43. The van der Waals surface area contributed by atoms with Gasteiger partial charge >= 0.3 is 19.8 Å². The van der Waals surface area contributed by atoms with Gasteiger partial charge in [0.2, 0.25) is 0 Å². The van der Waals surface area contributed by atoms with E-state index < -0.39 is 26.5 Å². The van der Waals surface area contributed by atoms with Crippen LogP contribution in [0.5, 0.6) is 0 Å². The van der Waals surface area contributed by atoms with Crippen LogP contribution in [-0.2, 0) is 32.7 Å². The third kappa shape index (κ3) is 68.0. The van der Waals surface area contributed by atoms with E-state index in [0.29, 0.717) is 17.4 Å². The van der Waals surface area contributed by atoms with Crippen molar-refractivity contribution in [3.05, 3.63) is 97.2 Å².